The topological polar surface area (TPSA) is 112 Å². The lowest BCUT2D eigenvalue weighted by Crippen LogP contribution is -2.29. The van der Waals surface area contributed by atoms with Gasteiger partial charge < -0.3 is 0 Å². The molecule has 27 heavy (non-hydrogen) atoms. The molecule has 8 nitrogen and oxygen atoms in total. The van der Waals surface area contributed by atoms with Gasteiger partial charge in [0, 0.05) is 0 Å². The van der Waals surface area contributed by atoms with Crippen molar-refractivity contribution in [3.8, 4) is 0 Å². The summed E-state index contributed by atoms with van der Waals surface area (Å²) in [6, 6.07) is 10.1. The van der Waals surface area contributed by atoms with Gasteiger partial charge in [-0.15, -0.1) is 0 Å². The Hall–Kier alpha value is -2.91. The Bertz CT molecular complexity index is 1060. The molecule has 1 aliphatic rings. The number of carbonyl (C=O) groups is 1. The molecule has 0 radical (unpaired) electrons. The van der Waals surface area contributed by atoms with Crippen molar-refractivity contribution in [1.82, 2.24) is 0 Å². The highest BCUT2D eigenvalue weighted by Gasteiger charge is 2.34. The normalized spacial score (nSPS) is 17.6. The molecule has 1 atom stereocenters. The Morgan fingerprint density at radius 3 is 2.37 bits per heavy atom. The van der Waals surface area contributed by atoms with Crippen LogP contribution in [-0.2, 0) is 14.9 Å². The van der Waals surface area contributed by atoms with Crippen LogP contribution in [0.5, 0.6) is 0 Å². The maximum Gasteiger partial charge on any atom is 0.294 e. The summed E-state index contributed by atoms with van der Waals surface area (Å²) in [7, 11) is -4.30. The number of hydrogen-bond acceptors (Lipinski definition) is 6. The van der Waals surface area contributed by atoms with E-state index in [-0.39, 0.29) is 10.8 Å². The predicted octanol–water partition coefficient (Wildman–Crippen LogP) is 3.43. The van der Waals surface area contributed by atoms with E-state index in [2.05, 4.69) is 15.3 Å². The van der Waals surface area contributed by atoms with E-state index in [9.17, 15) is 13.2 Å². The molecule has 0 saturated heterocycles. The third-order valence-electron chi connectivity index (χ3n) is 4.12. The number of nitrogens with zero attached hydrogens (tertiary/aromatic N) is 4. The molecule has 0 fully saturated rings. The van der Waals surface area contributed by atoms with Crippen LogP contribution in [0.4, 0.5) is 11.4 Å². The summed E-state index contributed by atoms with van der Waals surface area (Å²) in [6.07, 6.45) is 0. The second-order valence-electron chi connectivity index (χ2n) is 6.27. The number of amides is 1. The maximum atomic E-state index is 12.7. The molecule has 1 unspecified atom stereocenters. The highest BCUT2D eigenvalue weighted by molar-refractivity contribution is 7.85. The zero-order valence-corrected chi connectivity index (χ0v) is 15.8. The van der Waals surface area contributed by atoms with Gasteiger partial charge in [0.2, 0.25) is 0 Å². The quantitative estimate of drug-likeness (QED) is 0.641. The predicted molar refractivity (Wildman–Crippen MR) is 101 cm³/mol. The van der Waals surface area contributed by atoms with Crippen molar-refractivity contribution in [3.63, 3.8) is 0 Å². The molecule has 140 valence electrons. The van der Waals surface area contributed by atoms with Crippen LogP contribution < -0.4 is 5.01 Å². The van der Waals surface area contributed by atoms with E-state index < -0.39 is 16.2 Å². The molecule has 1 N–H and O–H groups in total. The number of hydrazone groups is 1. The molecule has 0 spiro atoms. The van der Waals surface area contributed by atoms with E-state index in [1.165, 1.54) is 24.3 Å². The van der Waals surface area contributed by atoms with Gasteiger partial charge in [-0.25, -0.2) is 0 Å². The maximum absolute atomic E-state index is 12.7. The molecule has 0 aliphatic carbocycles. The molecule has 0 saturated carbocycles. The first-order valence-corrected chi connectivity index (χ1v) is 9.55. The van der Waals surface area contributed by atoms with Crippen molar-refractivity contribution in [2.45, 2.75) is 31.7 Å². The zero-order valence-electron chi connectivity index (χ0n) is 15.0. The summed E-state index contributed by atoms with van der Waals surface area (Å²) in [5, 5.41) is 13.7. The minimum absolute atomic E-state index is 0.259. The fraction of sp³-hybridized carbons (Fsp3) is 0.222. The van der Waals surface area contributed by atoms with Crippen molar-refractivity contribution in [1.29, 1.82) is 0 Å². The lowest BCUT2D eigenvalue weighted by atomic mass is 10.1. The molecule has 3 rings (SSSR count). The first-order valence-electron chi connectivity index (χ1n) is 8.11. The number of azo groups is 1. The van der Waals surface area contributed by atoms with Crippen LogP contribution >= 0.6 is 0 Å². The third kappa shape index (κ3) is 3.93. The molecule has 2 aromatic rings. The number of hydrogen-bond donors (Lipinski definition) is 1. The van der Waals surface area contributed by atoms with Crippen LogP contribution in [0.3, 0.4) is 0 Å². The average molecular weight is 386 g/mol. The molecule has 1 amide bonds. The zero-order chi connectivity index (χ0) is 19.8. The van der Waals surface area contributed by atoms with Crippen LogP contribution in [0, 0.1) is 13.8 Å². The number of rotatable bonds is 4. The first kappa shape index (κ1) is 18.9. The van der Waals surface area contributed by atoms with Gasteiger partial charge in [-0.05, 0) is 62.2 Å². The Balaban J connectivity index is 1.84. The van der Waals surface area contributed by atoms with Gasteiger partial charge >= 0.3 is 0 Å². The first-order chi connectivity index (χ1) is 12.7. The lowest BCUT2D eigenvalue weighted by molar-refractivity contribution is -0.117. The summed E-state index contributed by atoms with van der Waals surface area (Å²) >= 11 is 0. The van der Waals surface area contributed by atoms with Gasteiger partial charge in [-0.1, -0.05) is 12.1 Å². The number of benzene rings is 2. The Morgan fingerprint density at radius 2 is 1.74 bits per heavy atom. The van der Waals surface area contributed by atoms with Gasteiger partial charge in [0.25, 0.3) is 16.0 Å². The number of anilines is 1. The van der Waals surface area contributed by atoms with Gasteiger partial charge in [0.1, 0.15) is 0 Å². The van der Waals surface area contributed by atoms with E-state index in [1.54, 1.807) is 6.92 Å². The summed E-state index contributed by atoms with van der Waals surface area (Å²) in [5.41, 5.74) is 3.52. The van der Waals surface area contributed by atoms with Crippen molar-refractivity contribution < 1.29 is 17.8 Å². The Labute approximate surface area is 157 Å². The highest BCUT2D eigenvalue weighted by Crippen LogP contribution is 2.26. The standard InChI is InChI=1S/C18H18N4O4S/c1-11-4-5-12(2)16(10-11)19-20-17-13(3)21-22(18(17)23)14-6-8-15(9-7-14)27(24,25)26/h4-10,17H,1-3H3,(H,24,25,26). The molecule has 0 bridgehead atoms. The Morgan fingerprint density at radius 1 is 1.07 bits per heavy atom. The third-order valence-corrected chi connectivity index (χ3v) is 4.99. The molecule has 2 aromatic carbocycles. The molecule has 0 aromatic heterocycles. The second-order valence-corrected chi connectivity index (χ2v) is 7.69. The SMILES string of the molecule is CC1=NN(c2ccc(S(=O)(=O)O)cc2)C(=O)C1N=Nc1cc(C)ccc1C. The van der Waals surface area contributed by atoms with Crippen molar-refractivity contribution in [3.05, 3.63) is 53.6 Å². The fourth-order valence-electron chi connectivity index (χ4n) is 2.58. The molecule has 1 aliphatic heterocycles. The summed E-state index contributed by atoms with van der Waals surface area (Å²) in [4.78, 5) is 12.4. The van der Waals surface area contributed by atoms with Gasteiger partial charge in [0.15, 0.2) is 6.04 Å². The minimum atomic E-state index is -4.30. The molecule has 9 heteroatoms. The van der Waals surface area contributed by atoms with E-state index >= 15 is 0 Å². The van der Waals surface area contributed by atoms with E-state index in [0.29, 0.717) is 17.1 Å². The van der Waals surface area contributed by atoms with Crippen molar-refractivity contribution >= 4 is 33.1 Å². The molecule has 1 heterocycles. The minimum Gasteiger partial charge on any atom is -0.282 e. The average Bonchev–Trinajstić information content (AvgIpc) is 2.89. The number of carbonyl (C=O) groups excluding carboxylic acids is 1. The summed E-state index contributed by atoms with van der Waals surface area (Å²) in [6.45, 7) is 5.54. The van der Waals surface area contributed by atoms with Gasteiger partial charge in [0.05, 0.1) is 22.0 Å². The van der Waals surface area contributed by atoms with Gasteiger partial charge in [-0.2, -0.15) is 28.8 Å². The summed E-state index contributed by atoms with van der Waals surface area (Å²) in [5.74, 6) is -0.388. The van der Waals surface area contributed by atoms with Crippen LogP contribution in [0.2, 0.25) is 0 Å². The fourth-order valence-corrected chi connectivity index (χ4v) is 3.06. The van der Waals surface area contributed by atoms with Crippen LogP contribution in [0.15, 0.2) is 62.7 Å². The monoisotopic (exact) mass is 386 g/mol. The van der Waals surface area contributed by atoms with Crippen LogP contribution in [0.1, 0.15) is 18.1 Å². The number of aryl methyl sites for hydroxylation is 2. The summed E-state index contributed by atoms with van der Waals surface area (Å²) < 4.78 is 31.3. The van der Waals surface area contributed by atoms with E-state index in [0.717, 1.165) is 16.1 Å². The van der Waals surface area contributed by atoms with Crippen molar-refractivity contribution in [2.75, 3.05) is 5.01 Å². The Kier molecular flexibility index (Phi) is 4.90. The smallest absolute Gasteiger partial charge is 0.282 e. The van der Waals surface area contributed by atoms with E-state index in [1.807, 2.05) is 32.0 Å². The van der Waals surface area contributed by atoms with E-state index in [4.69, 9.17) is 4.55 Å². The van der Waals surface area contributed by atoms with Gasteiger partial charge in [-0.3, -0.25) is 9.35 Å². The molecular weight excluding hydrogens is 368 g/mol. The second kappa shape index (κ2) is 7.01. The van der Waals surface area contributed by atoms with Crippen molar-refractivity contribution in [2.24, 2.45) is 15.3 Å². The van der Waals surface area contributed by atoms with Crippen LogP contribution in [-0.4, -0.2) is 30.6 Å². The molecular formula is C18H18N4O4S. The largest absolute Gasteiger partial charge is 0.294 e. The highest BCUT2D eigenvalue weighted by atomic mass is 32.2. The lowest BCUT2D eigenvalue weighted by Gasteiger charge is -2.12. The van der Waals surface area contributed by atoms with Crippen LogP contribution in [0.25, 0.3) is 0 Å².